The van der Waals surface area contributed by atoms with Gasteiger partial charge in [-0.15, -0.1) is 5.10 Å². The van der Waals surface area contributed by atoms with E-state index in [9.17, 15) is 9.59 Å². The third-order valence-electron chi connectivity index (χ3n) is 4.01. The van der Waals surface area contributed by atoms with Crippen LogP contribution in [0.15, 0.2) is 35.1 Å². The first kappa shape index (κ1) is 16.0. The number of aryl methyl sites for hydroxylation is 1. The van der Waals surface area contributed by atoms with Crippen molar-refractivity contribution < 1.29 is 4.79 Å². The van der Waals surface area contributed by atoms with Crippen LogP contribution in [0.1, 0.15) is 37.0 Å². The van der Waals surface area contributed by atoms with E-state index < -0.39 is 5.69 Å². The van der Waals surface area contributed by atoms with E-state index in [1.165, 1.54) is 12.6 Å². The molecule has 1 atom stereocenters. The van der Waals surface area contributed by atoms with Crippen molar-refractivity contribution in [2.24, 2.45) is 12.5 Å². The number of H-pyrrole nitrogens is 1. The van der Waals surface area contributed by atoms with Gasteiger partial charge < -0.3 is 5.32 Å². The van der Waals surface area contributed by atoms with Crippen LogP contribution in [0.5, 0.6) is 0 Å². The molecule has 22 heavy (non-hydrogen) atoms. The van der Waals surface area contributed by atoms with Gasteiger partial charge in [0.15, 0.2) is 0 Å². The number of benzene rings is 1. The van der Waals surface area contributed by atoms with E-state index in [1.54, 1.807) is 0 Å². The fraction of sp³-hybridized carbons (Fsp3) is 0.438. The molecule has 0 spiro atoms. The van der Waals surface area contributed by atoms with E-state index in [0.717, 1.165) is 11.1 Å². The third-order valence-corrected chi connectivity index (χ3v) is 4.01. The molecule has 1 amide bonds. The van der Waals surface area contributed by atoms with Crippen molar-refractivity contribution in [2.75, 3.05) is 0 Å². The van der Waals surface area contributed by atoms with Crippen LogP contribution in [0.3, 0.4) is 0 Å². The molecule has 0 unspecified atom stereocenters. The lowest BCUT2D eigenvalue weighted by Gasteiger charge is -2.32. The fourth-order valence-corrected chi connectivity index (χ4v) is 2.24. The Kier molecular flexibility index (Phi) is 4.49. The summed E-state index contributed by atoms with van der Waals surface area (Å²) < 4.78 is 1.11. The van der Waals surface area contributed by atoms with Crippen LogP contribution < -0.4 is 11.0 Å². The van der Waals surface area contributed by atoms with Crippen molar-refractivity contribution in [2.45, 2.75) is 33.2 Å². The molecule has 2 rings (SSSR count). The highest BCUT2D eigenvalue weighted by atomic mass is 16.2. The van der Waals surface area contributed by atoms with Crippen molar-refractivity contribution >= 4 is 5.91 Å². The van der Waals surface area contributed by atoms with Gasteiger partial charge in [0.1, 0.15) is 0 Å². The number of nitrogens with one attached hydrogen (secondary N) is 2. The molecule has 6 nitrogen and oxygen atoms in total. The summed E-state index contributed by atoms with van der Waals surface area (Å²) in [6, 6.07) is 10.1. The summed E-state index contributed by atoms with van der Waals surface area (Å²) in [6.07, 6.45) is 0.841. The minimum atomic E-state index is -0.402. The Morgan fingerprint density at radius 2 is 2.00 bits per heavy atom. The summed E-state index contributed by atoms with van der Waals surface area (Å²) in [7, 11) is 1.50. The summed E-state index contributed by atoms with van der Waals surface area (Å²) in [5.41, 5.74) is 0.688. The second kappa shape index (κ2) is 6.17. The Labute approximate surface area is 129 Å². The van der Waals surface area contributed by atoms with Gasteiger partial charge in [-0.3, -0.25) is 9.78 Å². The number of carbonyl (C=O) groups is 1. The molecule has 0 radical (unpaired) electrons. The molecule has 0 fully saturated rings. The van der Waals surface area contributed by atoms with Crippen molar-refractivity contribution in [3.8, 4) is 0 Å². The second-order valence-corrected chi connectivity index (χ2v) is 6.25. The molecule has 1 aromatic carbocycles. The third kappa shape index (κ3) is 3.63. The highest BCUT2D eigenvalue weighted by Gasteiger charge is 2.28. The quantitative estimate of drug-likeness (QED) is 0.878. The van der Waals surface area contributed by atoms with E-state index in [2.05, 4.69) is 41.4 Å². The van der Waals surface area contributed by atoms with Gasteiger partial charge in [0, 0.05) is 13.1 Å². The van der Waals surface area contributed by atoms with E-state index in [0.29, 0.717) is 0 Å². The number of rotatable bonds is 5. The zero-order valence-corrected chi connectivity index (χ0v) is 13.4. The zero-order chi connectivity index (χ0) is 16.3. The molecule has 0 aliphatic rings. The molecule has 1 heterocycles. The van der Waals surface area contributed by atoms with Gasteiger partial charge in [-0.2, -0.15) is 0 Å². The molecule has 6 heteroatoms. The second-order valence-electron chi connectivity index (χ2n) is 6.25. The maximum atomic E-state index is 12.2. The van der Waals surface area contributed by atoms with E-state index in [1.807, 2.05) is 25.1 Å². The number of carbonyl (C=O) groups excluding carboxylic acids is 1. The number of aromatic nitrogens is 3. The van der Waals surface area contributed by atoms with Crippen molar-refractivity contribution in [3.63, 3.8) is 0 Å². The van der Waals surface area contributed by atoms with Crippen molar-refractivity contribution in [1.82, 2.24) is 20.1 Å². The minimum Gasteiger partial charge on any atom is -0.346 e. The van der Waals surface area contributed by atoms with E-state index in [-0.39, 0.29) is 23.2 Å². The maximum absolute atomic E-state index is 12.2. The number of nitrogens with zero attached hydrogens (tertiary/aromatic N) is 2. The van der Waals surface area contributed by atoms with Crippen LogP contribution in [0.4, 0.5) is 0 Å². The highest BCUT2D eigenvalue weighted by Crippen LogP contribution is 2.26. The molecule has 2 N–H and O–H groups in total. The number of hydrogen-bond acceptors (Lipinski definition) is 3. The first-order valence-electron chi connectivity index (χ1n) is 7.28. The largest absolute Gasteiger partial charge is 0.346 e. The topological polar surface area (TPSA) is 79.8 Å². The molecule has 2 aromatic rings. The smallest absolute Gasteiger partial charge is 0.343 e. The molecule has 0 saturated carbocycles. The fourth-order valence-electron chi connectivity index (χ4n) is 2.24. The van der Waals surface area contributed by atoms with Gasteiger partial charge >= 0.3 is 5.69 Å². The SMILES string of the molecule is C[C@H](NC(=O)c1nn(C)c(=O)[nH]1)C(C)(C)Cc1ccccc1. The van der Waals surface area contributed by atoms with Crippen LogP contribution in [0.2, 0.25) is 0 Å². The summed E-state index contributed by atoms with van der Waals surface area (Å²) in [6.45, 7) is 6.17. The molecule has 0 saturated heterocycles. The first-order chi connectivity index (χ1) is 10.3. The summed E-state index contributed by atoms with van der Waals surface area (Å²) in [5, 5.41) is 6.78. The lowest BCUT2D eigenvalue weighted by molar-refractivity contribution is 0.0892. The lowest BCUT2D eigenvalue weighted by atomic mass is 9.79. The average molecular weight is 302 g/mol. The molecular formula is C16H22N4O2. The summed E-state index contributed by atoms with van der Waals surface area (Å²) >= 11 is 0. The molecule has 118 valence electrons. The molecule has 1 aromatic heterocycles. The first-order valence-corrected chi connectivity index (χ1v) is 7.28. The Hall–Kier alpha value is -2.37. The summed E-state index contributed by atoms with van der Waals surface area (Å²) in [5.74, 6) is -0.332. The predicted molar refractivity (Wildman–Crippen MR) is 84.7 cm³/mol. The Morgan fingerprint density at radius 1 is 1.36 bits per heavy atom. The van der Waals surface area contributed by atoms with Crippen LogP contribution >= 0.6 is 0 Å². The standard InChI is InChI=1S/C16H22N4O2/c1-11(16(2,3)10-12-8-6-5-7-9-12)17-14(21)13-18-15(22)20(4)19-13/h5-9,11H,10H2,1-4H3,(H,17,21)(H,18,19,22)/t11-/m0/s1. The minimum absolute atomic E-state index is 0.0369. The normalized spacial score (nSPS) is 12.9. The van der Waals surface area contributed by atoms with E-state index in [4.69, 9.17) is 0 Å². The Morgan fingerprint density at radius 3 is 2.55 bits per heavy atom. The van der Waals surface area contributed by atoms with Crippen LogP contribution in [0.25, 0.3) is 0 Å². The highest BCUT2D eigenvalue weighted by molar-refractivity contribution is 5.90. The van der Waals surface area contributed by atoms with Gasteiger partial charge in [0.05, 0.1) is 0 Å². The average Bonchev–Trinajstić information content (AvgIpc) is 2.79. The number of hydrogen-bond donors (Lipinski definition) is 2. The van der Waals surface area contributed by atoms with Gasteiger partial charge in [-0.05, 0) is 24.3 Å². The van der Waals surface area contributed by atoms with Gasteiger partial charge in [0.25, 0.3) is 5.91 Å². The van der Waals surface area contributed by atoms with Gasteiger partial charge in [-0.25, -0.2) is 9.48 Å². The van der Waals surface area contributed by atoms with Crippen LogP contribution in [-0.4, -0.2) is 26.7 Å². The molecule has 0 aliphatic carbocycles. The Bertz CT molecular complexity index is 700. The maximum Gasteiger partial charge on any atom is 0.343 e. The van der Waals surface area contributed by atoms with E-state index >= 15 is 0 Å². The monoisotopic (exact) mass is 302 g/mol. The van der Waals surface area contributed by atoms with Crippen LogP contribution in [0, 0.1) is 5.41 Å². The Balaban J connectivity index is 2.05. The summed E-state index contributed by atoms with van der Waals surface area (Å²) in [4.78, 5) is 25.9. The molecule has 0 bridgehead atoms. The van der Waals surface area contributed by atoms with Crippen LogP contribution in [-0.2, 0) is 13.5 Å². The van der Waals surface area contributed by atoms with Crippen molar-refractivity contribution in [3.05, 3.63) is 52.2 Å². The zero-order valence-electron chi connectivity index (χ0n) is 13.4. The molecular weight excluding hydrogens is 280 g/mol. The van der Waals surface area contributed by atoms with Crippen molar-refractivity contribution in [1.29, 1.82) is 0 Å². The van der Waals surface area contributed by atoms with Gasteiger partial charge in [-0.1, -0.05) is 44.2 Å². The number of aromatic amines is 1. The molecule has 0 aliphatic heterocycles. The predicted octanol–water partition coefficient (Wildman–Crippen LogP) is 1.50. The lowest BCUT2D eigenvalue weighted by Crippen LogP contribution is -2.44. The number of amides is 1. The van der Waals surface area contributed by atoms with Gasteiger partial charge in [0.2, 0.25) is 5.82 Å².